The molecule has 1 aliphatic carbocycles. The minimum atomic E-state index is -0.130. The van der Waals surface area contributed by atoms with E-state index in [0.717, 1.165) is 17.1 Å². The zero-order valence-electron chi connectivity index (χ0n) is 32.8. The van der Waals surface area contributed by atoms with E-state index in [1.54, 1.807) is 0 Å². The quantitative estimate of drug-likeness (QED) is 0.150. The zero-order valence-corrected chi connectivity index (χ0v) is 32.8. The van der Waals surface area contributed by atoms with Crippen LogP contribution in [0.2, 0.25) is 0 Å². The Balaban J connectivity index is 1.08. The molecule has 0 atom stereocenters. The lowest BCUT2D eigenvalue weighted by Crippen LogP contribution is -2.16. The molecule has 0 unspecified atom stereocenters. The minimum absolute atomic E-state index is 0.130. The highest BCUT2D eigenvalue weighted by Gasteiger charge is 2.37. The lowest BCUT2D eigenvalue weighted by molar-refractivity contribution is 0.662. The molecule has 0 heterocycles. The third kappa shape index (κ3) is 6.32. The highest BCUT2D eigenvalue weighted by Crippen LogP contribution is 2.53. The highest BCUT2D eigenvalue weighted by molar-refractivity contribution is 5.94. The van der Waals surface area contributed by atoms with Crippen LogP contribution in [0.15, 0.2) is 224 Å². The minimum Gasteiger partial charge on any atom is -0.310 e. The first-order valence-electron chi connectivity index (χ1n) is 20.2. The smallest absolute Gasteiger partial charge is 0.0467 e. The summed E-state index contributed by atoms with van der Waals surface area (Å²) in [5.41, 5.74) is 20.8. The van der Waals surface area contributed by atoms with Gasteiger partial charge in [0.15, 0.2) is 0 Å². The summed E-state index contributed by atoms with van der Waals surface area (Å²) in [5, 5.41) is 0. The standard InChI is InChI=1S/C57H43N/c1-57(2)55-27-13-12-24-51(55)52-25-15-26-53(56(52)57)54-39-46(32-37-50(54)44-20-10-5-11-21-44)43-30-35-48(36-31-43)58(47-33-28-42(29-34-47)40-16-6-3-7-17-40)49-23-14-22-45(38-49)41-18-8-4-9-19-41/h3-39H,1-2H3. The van der Waals surface area contributed by atoms with Crippen LogP contribution in [0.4, 0.5) is 17.1 Å². The van der Waals surface area contributed by atoms with Gasteiger partial charge in [-0.05, 0) is 120 Å². The summed E-state index contributed by atoms with van der Waals surface area (Å²) in [6, 6.07) is 81.7. The summed E-state index contributed by atoms with van der Waals surface area (Å²) < 4.78 is 0. The van der Waals surface area contributed by atoms with Crippen LogP contribution in [0.1, 0.15) is 25.0 Å². The van der Waals surface area contributed by atoms with Gasteiger partial charge in [-0.3, -0.25) is 0 Å². The normalized spacial score (nSPS) is 12.4. The Morgan fingerprint density at radius 2 is 0.707 bits per heavy atom. The molecule has 0 spiro atoms. The van der Waals surface area contributed by atoms with E-state index in [1.165, 1.54) is 77.9 Å². The number of nitrogens with zero attached hydrogens (tertiary/aromatic N) is 1. The average Bonchev–Trinajstić information content (AvgIpc) is 3.54. The van der Waals surface area contributed by atoms with Gasteiger partial charge < -0.3 is 4.90 Å². The van der Waals surface area contributed by atoms with E-state index in [-0.39, 0.29) is 5.41 Å². The first-order valence-corrected chi connectivity index (χ1v) is 20.2. The van der Waals surface area contributed by atoms with Gasteiger partial charge in [-0.25, -0.2) is 0 Å². The van der Waals surface area contributed by atoms with Crippen molar-refractivity contribution in [3.8, 4) is 66.8 Å². The van der Waals surface area contributed by atoms with Crippen LogP contribution in [0, 0.1) is 0 Å². The second-order valence-corrected chi connectivity index (χ2v) is 15.7. The average molecular weight is 742 g/mol. The van der Waals surface area contributed by atoms with Gasteiger partial charge in [0, 0.05) is 22.5 Å². The van der Waals surface area contributed by atoms with Crippen molar-refractivity contribution in [3.63, 3.8) is 0 Å². The third-order valence-electron chi connectivity index (χ3n) is 11.9. The molecule has 58 heavy (non-hydrogen) atoms. The Morgan fingerprint density at radius 1 is 0.276 bits per heavy atom. The maximum Gasteiger partial charge on any atom is 0.0467 e. The molecular weight excluding hydrogens is 699 g/mol. The first-order chi connectivity index (χ1) is 28.5. The molecule has 1 aliphatic rings. The monoisotopic (exact) mass is 741 g/mol. The van der Waals surface area contributed by atoms with Crippen molar-refractivity contribution in [3.05, 3.63) is 236 Å². The molecule has 0 radical (unpaired) electrons. The first kappa shape index (κ1) is 35.2. The van der Waals surface area contributed by atoms with Crippen LogP contribution in [0.25, 0.3) is 66.8 Å². The van der Waals surface area contributed by atoms with Gasteiger partial charge in [0.2, 0.25) is 0 Å². The summed E-state index contributed by atoms with van der Waals surface area (Å²) in [7, 11) is 0. The van der Waals surface area contributed by atoms with Crippen molar-refractivity contribution < 1.29 is 0 Å². The van der Waals surface area contributed by atoms with Gasteiger partial charge in [0.05, 0.1) is 0 Å². The molecule has 0 saturated heterocycles. The van der Waals surface area contributed by atoms with Crippen molar-refractivity contribution in [1.82, 2.24) is 0 Å². The topological polar surface area (TPSA) is 3.24 Å². The Bertz CT molecular complexity index is 2870. The summed E-state index contributed by atoms with van der Waals surface area (Å²) in [5.74, 6) is 0. The molecule has 1 heteroatoms. The van der Waals surface area contributed by atoms with Gasteiger partial charge in [-0.1, -0.05) is 196 Å². The SMILES string of the molecule is CC1(C)c2ccccc2-c2cccc(-c3cc(-c4ccc(N(c5ccc(-c6ccccc6)cc5)c5cccc(-c6ccccc6)c5)cc4)ccc3-c3ccccc3)c21. The fraction of sp³-hybridized carbons (Fsp3) is 0.0526. The van der Waals surface area contributed by atoms with E-state index < -0.39 is 0 Å². The highest BCUT2D eigenvalue weighted by atomic mass is 15.1. The zero-order chi connectivity index (χ0) is 39.1. The fourth-order valence-corrected chi connectivity index (χ4v) is 9.03. The summed E-state index contributed by atoms with van der Waals surface area (Å²) >= 11 is 0. The van der Waals surface area contributed by atoms with Gasteiger partial charge in [-0.15, -0.1) is 0 Å². The lowest BCUT2D eigenvalue weighted by Gasteiger charge is -2.27. The second kappa shape index (κ2) is 14.7. The summed E-state index contributed by atoms with van der Waals surface area (Å²) in [4.78, 5) is 2.36. The Kier molecular flexibility index (Phi) is 8.92. The molecule has 0 fully saturated rings. The molecular formula is C57H43N. The Morgan fingerprint density at radius 3 is 1.34 bits per heavy atom. The van der Waals surface area contributed by atoms with E-state index in [1.807, 2.05) is 0 Å². The lowest BCUT2D eigenvalue weighted by atomic mass is 9.77. The van der Waals surface area contributed by atoms with Crippen LogP contribution in [-0.4, -0.2) is 0 Å². The molecule has 0 bridgehead atoms. The van der Waals surface area contributed by atoms with Crippen molar-refractivity contribution in [2.24, 2.45) is 0 Å². The number of rotatable bonds is 8. The second-order valence-electron chi connectivity index (χ2n) is 15.7. The van der Waals surface area contributed by atoms with Gasteiger partial charge in [0.25, 0.3) is 0 Å². The van der Waals surface area contributed by atoms with Gasteiger partial charge in [-0.2, -0.15) is 0 Å². The van der Waals surface area contributed by atoms with Crippen LogP contribution in [0.5, 0.6) is 0 Å². The molecule has 9 aromatic rings. The number of fused-ring (bicyclic) bond motifs is 3. The number of benzene rings is 9. The van der Waals surface area contributed by atoms with Crippen molar-refractivity contribution >= 4 is 17.1 Å². The van der Waals surface area contributed by atoms with E-state index in [2.05, 4.69) is 243 Å². The number of anilines is 3. The van der Waals surface area contributed by atoms with Gasteiger partial charge >= 0.3 is 0 Å². The molecule has 0 aliphatic heterocycles. The molecule has 0 aromatic heterocycles. The largest absolute Gasteiger partial charge is 0.310 e. The van der Waals surface area contributed by atoms with Crippen molar-refractivity contribution in [2.45, 2.75) is 19.3 Å². The van der Waals surface area contributed by atoms with Crippen molar-refractivity contribution in [1.29, 1.82) is 0 Å². The maximum absolute atomic E-state index is 2.41. The van der Waals surface area contributed by atoms with Crippen LogP contribution < -0.4 is 4.90 Å². The van der Waals surface area contributed by atoms with Crippen LogP contribution >= 0.6 is 0 Å². The van der Waals surface area contributed by atoms with E-state index in [4.69, 9.17) is 0 Å². The van der Waals surface area contributed by atoms with Crippen molar-refractivity contribution in [2.75, 3.05) is 4.90 Å². The van der Waals surface area contributed by atoms with E-state index in [9.17, 15) is 0 Å². The summed E-state index contributed by atoms with van der Waals surface area (Å²) in [6.07, 6.45) is 0. The third-order valence-corrected chi connectivity index (χ3v) is 11.9. The molecule has 0 N–H and O–H groups in total. The molecule has 10 rings (SSSR count). The molecule has 0 amide bonds. The van der Waals surface area contributed by atoms with E-state index >= 15 is 0 Å². The molecule has 9 aromatic carbocycles. The predicted octanol–water partition coefficient (Wildman–Crippen LogP) is 15.8. The van der Waals surface area contributed by atoms with E-state index in [0.29, 0.717) is 0 Å². The molecule has 1 nitrogen and oxygen atoms in total. The van der Waals surface area contributed by atoms with Crippen LogP contribution in [-0.2, 0) is 5.41 Å². The Labute approximate surface area is 342 Å². The van der Waals surface area contributed by atoms with Gasteiger partial charge in [0.1, 0.15) is 0 Å². The number of hydrogen-bond acceptors (Lipinski definition) is 1. The van der Waals surface area contributed by atoms with Crippen LogP contribution in [0.3, 0.4) is 0 Å². The number of hydrogen-bond donors (Lipinski definition) is 0. The molecule has 0 saturated carbocycles. The predicted molar refractivity (Wildman–Crippen MR) is 246 cm³/mol. The maximum atomic E-state index is 2.41. The Hall–Kier alpha value is -7.22. The fourth-order valence-electron chi connectivity index (χ4n) is 9.03. The summed E-state index contributed by atoms with van der Waals surface area (Å²) in [6.45, 7) is 4.75. The molecule has 276 valence electrons.